The Balaban J connectivity index is 1.99. The number of rotatable bonds is 7. The van der Waals surface area contributed by atoms with Gasteiger partial charge in [0.15, 0.2) is 0 Å². The van der Waals surface area contributed by atoms with Gasteiger partial charge in [0, 0.05) is 0 Å². The normalized spacial score (nSPS) is 10.9. The fraction of sp³-hybridized carbons (Fsp3) is 0.368. The minimum Gasteiger partial charge on any atom is -0.489 e. The zero-order chi connectivity index (χ0) is 15.1. The van der Waals surface area contributed by atoms with Crippen LogP contribution in [0.4, 0.5) is 0 Å². The molecule has 0 aliphatic heterocycles. The third-order valence-electron chi connectivity index (χ3n) is 3.70. The molecule has 2 aromatic carbocycles. The summed E-state index contributed by atoms with van der Waals surface area (Å²) in [6.45, 7) is 6.02. The molecule has 2 heteroatoms. The van der Waals surface area contributed by atoms with Crippen LogP contribution in [0.1, 0.15) is 36.5 Å². The molecule has 0 unspecified atom stereocenters. The third kappa shape index (κ3) is 4.61. The molecule has 0 saturated heterocycles. The Morgan fingerprint density at radius 3 is 2.24 bits per heavy atom. The van der Waals surface area contributed by atoms with Gasteiger partial charge in [0.25, 0.3) is 0 Å². The number of ether oxygens (including phenoxy) is 1. The minimum absolute atomic E-state index is 0.557. The highest BCUT2D eigenvalue weighted by Gasteiger charge is 2.03. The number of benzene rings is 2. The molecule has 0 atom stereocenters. The fourth-order valence-electron chi connectivity index (χ4n) is 2.31. The lowest BCUT2D eigenvalue weighted by molar-refractivity contribution is 0.305. The predicted molar refractivity (Wildman–Crippen MR) is 88.9 cm³/mol. The molecule has 0 spiro atoms. The number of likely N-dealkylation sites (N-methyl/N-ethyl adjacent to an activating group) is 1. The summed E-state index contributed by atoms with van der Waals surface area (Å²) in [5.41, 5.74) is 3.96. The average molecular weight is 283 g/mol. The van der Waals surface area contributed by atoms with E-state index in [1.54, 1.807) is 0 Å². The summed E-state index contributed by atoms with van der Waals surface area (Å²) in [6, 6.07) is 16.9. The maximum absolute atomic E-state index is 5.93. The van der Waals surface area contributed by atoms with E-state index in [1.807, 2.05) is 7.05 Å². The van der Waals surface area contributed by atoms with Crippen molar-refractivity contribution in [1.82, 2.24) is 5.32 Å². The van der Waals surface area contributed by atoms with Gasteiger partial charge in [-0.25, -0.2) is 0 Å². The van der Waals surface area contributed by atoms with Gasteiger partial charge in [0.05, 0.1) is 0 Å². The third-order valence-corrected chi connectivity index (χ3v) is 3.70. The SMILES string of the molecule is CNCCc1ccccc1COc1ccc(C(C)C)cc1. The number of hydrogen-bond donors (Lipinski definition) is 1. The molecule has 0 bridgehead atoms. The Hall–Kier alpha value is -1.80. The molecule has 1 N–H and O–H groups in total. The first-order valence-corrected chi connectivity index (χ1v) is 7.65. The molecule has 0 aromatic heterocycles. The molecule has 2 aromatic rings. The molecule has 112 valence electrons. The zero-order valence-corrected chi connectivity index (χ0v) is 13.2. The van der Waals surface area contributed by atoms with E-state index in [0.717, 1.165) is 18.7 Å². The van der Waals surface area contributed by atoms with Crippen LogP contribution in [-0.4, -0.2) is 13.6 Å². The van der Waals surface area contributed by atoms with Crippen LogP contribution in [0.5, 0.6) is 5.75 Å². The number of hydrogen-bond acceptors (Lipinski definition) is 2. The lowest BCUT2D eigenvalue weighted by atomic mass is 10.0. The zero-order valence-electron chi connectivity index (χ0n) is 13.2. The van der Waals surface area contributed by atoms with Gasteiger partial charge in [-0.3, -0.25) is 0 Å². The fourth-order valence-corrected chi connectivity index (χ4v) is 2.31. The number of nitrogens with one attached hydrogen (secondary N) is 1. The first kappa shape index (κ1) is 15.6. The largest absolute Gasteiger partial charge is 0.489 e. The van der Waals surface area contributed by atoms with Gasteiger partial charge in [0.2, 0.25) is 0 Å². The standard InChI is InChI=1S/C19H25NO/c1-15(2)16-8-10-19(11-9-16)21-14-18-7-5-4-6-17(18)12-13-20-3/h4-11,15,20H,12-14H2,1-3H3. The molecule has 21 heavy (non-hydrogen) atoms. The average Bonchev–Trinajstić information content (AvgIpc) is 2.52. The second-order valence-corrected chi connectivity index (χ2v) is 5.63. The van der Waals surface area contributed by atoms with Gasteiger partial charge in [-0.15, -0.1) is 0 Å². The lowest BCUT2D eigenvalue weighted by Crippen LogP contribution is -2.12. The van der Waals surface area contributed by atoms with E-state index in [1.165, 1.54) is 16.7 Å². The van der Waals surface area contributed by atoms with Crippen LogP contribution in [0.3, 0.4) is 0 Å². The molecule has 0 heterocycles. The predicted octanol–water partition coefficient (Wildman–Crippen LogP) is 4.15. The van der Waals surface area contributed by atoms with Crippen molar-refractivity contribution in [1.29, 1.82) is 0 Å². The first-order valence-electron chi connectivity index (χ1n) is 7.65. The van der Waals surface area contributed by atoms with Crippen LogP contribution in [0.2, 0.25) is 0 Å². The van der Waals surface area contributed by atoms with Crippen LogP contribution >= 0.6 is 0 Å². The monoisotopic (exact) mass is 283 g/mol. The summed E-state index contributed by atoms with van der Waals surface area (Å²) in [5, 5.41) is 3.19. The quantitative estimate of drug-likeness (QED) is 0.824. The van der Waals surface area contributed by atoms with Crippen molar-refractivity contribution in [2.75, 3.05) is 13.6 Å². The van der Waals surface area contributed by atoms with E-state index in [9.17, 15) is 0 Å². The van der Waals surface area contributed by atoms with Crippen molar-refractivity contribution < 1.29 is 4.74 Å². The Kier molecular flexibility index (Phi) is 5.82. The summed E-state index contributed by atoms with van der Waals surface area (Å²) in [7, 11) is 1.98. The summed E-state index contributed by atoms with van der Waals surface area (Å²) >= 11 is 0. The summed E-state index contributed by atoms with van der Waals surface area (Å²) in [5.74, 6) is 1.49. The molecule has 2 rings (SSSR count). The van der Waals surface area contributed by atoms with E-state index in [2.05, 4.69) is 67.7 Å². The Morgan fingerprint density at radius 2 is 1.62 bits per heavy atom. The van der Waals surface area contributed by atoms with Gasteiger partial charge in [-0.1, -0.05) is 50.2 Å². The molecule has 0 amide bonds. The topological polar surface area (TPSA) is 21.3 Å². The van der Waals surface area contributed by atoms with Crippen molar-refractivity contribution in [3.05, 3.63) is 65.2 Å². The molecule has 0 saturated carbocycles. The Morgan fingerprint density at radius 1 is 0.952 bits per heavy atom. The summed E-state index contributed by atoms with van der Waals surface area (Å²) in [6.07, 6.45) is 1.03. The van der Waals surface area contributed by atoms with Gasteiger partial charge >= 0.3 is 0 Å². The molecule has 2 nitrogen and oxygen atoms in total. The van der Waals surface area contributed by atoms with E-state index in [-0.39, 0.29) is 0 Å². The van der Waals surface area contributed by atoms with Crippen molar-refractivity contribution in [2.24, 2.45) is 0 Å². The van der Waals surface area contributed by atoms with E-state index in [0.29, 0.717) is 12.5 Å². The highest BCUT2D eigenvalue weighted by Crippen LogP contribution is 2.20. The lowest BCUT2D eigenvalue weighted by Gasteiger charge is -2.12. The Labute approximate surface area is 128 Å². The van der Waals surface area contributed by atoms with Crippen LogP contribution < -0.4 is 10.1 Å². The van der Waals surface area contributed by atoms with Gasteiger partial charge in [-0.2, -0.15) is 0 Å². The summed E-state index contributed by atoms with van der Waals surface area (Å²) in [4.78, 5) is 0. The van der Waals surface area contributed by atoms with Crippen molar-refractivity contribution >= 4 is 0 Å². The van der Waals surface area contributed by atoms with Crippen LogP contribution in [0.15, 0.2) is 48.5 Å². The summed E-state index contributed by atoms with van der Waals surface area (Å²) < 4.78 is 5.93. The van der Waals surface area contributed by atoms with E-state index >= 15 is 0 Å². The molecule has 0 fully saturated rings. The maximum atomic E-state index is 5.93. The second kappa shape index (κ2) is 7.84. The van der Waals surface area contributed by atoms with E-state index < -0.39 is 0 Å². The van der Waals surface area contributed by atoms with Crippen molar-refractivity contribution in [3.8, 4) is 5.75 Å². The van der Waals surface area contributed by atoms with Crippen molar-refractivity contribution in [3.63, 3.8) is 0 Å². The van der Waals surface area contributed by atoms with E-state index in [4.69, 9.17) is 4.74 Å². The van der Waals surface area contributed by atoms with Crippen LogP contribution in [0, 0.1) is 0 Å². The molecule has 0 aliphatic carbocycles. The molecule has 0 aliphatic rings. The highest BCUT2D eigenvalue weighted by atomic mass is 16.5. The molecule has 0 radical (unpaired) electrons. The minimum atomic E-state index is 0.557. The van der Waals surface area contributed by atoms with Crippen molar-refractivity contribution in [2.45, 2.75) is 32.8 Å². The highest BCUT2D eigenvalue weighted by molar-refractivity contribution is 5.31. The smallest absolute Gasteiger partial charge is 0.119 e. The van der Waals surface area contributed by atoms with Gasteiger partial charge in [-0.05, 0) is 54.8 Å². The van der Waals surface area contributed by atoms with Gasteiger partial charge < -0.3 is 10.1 Å². The molecular weight excluding hydrogens is 258 g/mol. The second-order valence-electron chi connectivity index (χ2n) is 5.63. The molecular formula is C19H25NO. The maximum Gasteiger partial charge on any atom is 0.119 e. The van der Waals surface area contributed by atoms with Gasteiger partial charge in [0.1, 0.15) is 12.4 Å². The van der Waals surface area contributed by atoms with Crippen LogP contribution in [0.25, 0.3) is 0 Å². The first-order chi connectivity index (χ1) is 10.2. The Bertz CT molecular complexity index is 546. The van der Waals surface area contributed by atoms with Crippen LogP contribution in [-0.2, 0) is 13.0 Å².